The maximum absolute atomic E-state index is 13.0. The molecule has 4 rings (SSSR count). The van der Waals surface area contributed by atoms with Gasteiger partial charge in [0, 0.05) is 23.5 Å². The monoisotopic (exact) mass is 360 g/mol. The molecule has 0 bridgehead atoms. The summed E-state index contributed by atoms with van der Waals surface area (Å²) in [6.07, 6.45) is 1.05. The van der Waals surface area contributed by atoms with Crippen molar-refractivity contribution in [2.75, 3.05) is 5.73 Å². The molecule has 3 N–H and O–H groups in total. The highest BCUT2D eigenvalue weighted by Gasteiger charge is 2.30. The molecule has 0 saturated carbocycles. The Balaban J connectivity index is 2.08. The van der Waals surface area contributed by atoms with E-state index in [-0.39, 0.29) is 21.9 Å². The molecule has 10 heteroatoms. The van der Waals surface area contributed by atoms with E-state index >= 15 is 0 Å². The minimum Gasteiger partial charge on any atom is -0.397 e. The van der Waals surface area contributed by atoms with Crippen LogP contribution >= 0.6 is 0 Å². The Kier molecular flexibility index (Phi) is 3.43. The maximum atomic E-state index is 13.0. The predicted octanol–water partition coefficient (Wildman–Crippen LogP) is 2.48. The Bertz CT molecular complexity index is 1190. The van der Waals surface area contributed by atoms with Gasteiger partial charge >= 0.3 is 6.18 Å². The first kappa shape index (κ1) is 16.1. The third-order valence-corrected chi connectivity index (χ3v) is 4.01. The molecule has 4 aromatic heterocycles. The second-order valence-corrected chi connectivity index (χ2v) is 5.72. The number of nitrogens with two attached hydrogens (primary N) is 1. The van der Waals surface area contributed by atoms with Gasteiger partial charge in [0.25, 0.3) is 5.56 Å². The Morgan fingerprint density at radius 2 is 2.04 bits per heavy atom. The van der Waals surface area contributed by atoms with Crippen LogP contribution in [-0.4, -0.2) is 30.9 Å². The third-order valence-electron chi connectivity index (χ3n) is 4.01. The SMILES string of the molecule is Nc1cnccc1-c1cnc2c3[nH]ncc3c(=O)n(CC(F)(F)F)c2c1. The number of aromatic amines is 1. The summed E-state index contributed by atoms with van der Waals surface area (Å²) in [5.41, 5.74) is 7.03. The van der Waals surface area contributed by atoms with Crippen LogP contribution in [0, 0.1) is 0 Å². The second-order valence-electron chi connectivity index (χ2n) is 5.72. The normalized spacial score (nSPS) is 12.1. The van der Waals surface area contributed by atoms with Crippen molar-refractivity contribution < 1.29 is 13.2 Å². The van der Waals surface area contributed by atoms with Crippen LogP contribution in [0.15, 0.2) is 41.7 Å². The average molecular weight is 360 g/mol. The summed E-state index contributed by atoms with van der Waals surface area (Å²) in [6.45, 7) is -1.43. The summed E-state index contributed by atoms with van der Waals surface area (Å²) in [5, 5.41) is 6.43. The van der Waals surface area contributed by atoms with E-state index in [0.29, 0.717) is 21.4 Å². The lowest BCUT2D eigenvalue weighted by atomic mass is 10.1. The number of alkyl halides is 3. The standard InChI is InChI=1S/C16H11F3N6O/c17-16(18,19)7-25-12-3-8(9-1-2-21-6-11(9)20)4-22-14(12)13-10(15(25)26)5-23-24-13/h1-6H,7,20H2,(H,23,24). The molecule has 0 radical (unpaired) electrons. The van der Waals surface area contributed by atoms with Gasteiger partial charge in [-0.15, -0.1) is 0 Å². The molecule has 0 fully saturated rings. The Labute approximate surface area is 143 Å². The minimum absolute atomic E-state index is 0.0396. The van der Waals surface area contributed by atoms with Gasteiger partial charge in [0.1, 0.15) is 12.1 Å². The number of anilines is 1. The summed E-state index contributed by atoms with van der Waals surface area (Å²) in [7, 11) is 0. The topological polar surface area (TPSA) is 102 Å². The van der Waals surface area contributed by atoms with Crippen LogP contribution in [0.5, 0.6) is 0 Å². The van der Waals surface area contributed by atoms with Crippen LogP contribution in [0.25, 0.3) is 33.1 Å². The van der Waals surface area contributed by atoms with Crippen LogP contribution in [0.2, 0.25) is 0 Å². The number of rotatable bonds is 2. The zero-order valence-electron chi connectivity index (χ0n) is 13.1. The number of H-pyrrole nitrogens is 1. The summed E-state index contributed by atoms with van der Waals surface area (Å²) in [4.78, 5) is 20.7. The van der Waals surface area contributed by atoms with Crippen LogP contribution in [0.4, 0.5) is 18.9 Å². The molecule has 0 unspecified atom stereocenters. The molecule has 0 saturated heterocycles. The van der Waals surface area contributed by atoms with Gasteiger partial charge in [-0.3, -0.25) is 24.4 Å². The smallest absolute Gasteiger partial charge is 0.397 e. The molecule has 26 heavy (non-hydrogen) atoms. The molecular weight excluding hydrogens is 349 g/mol. The molecule has 0 amide bonds. The van der Waals surface area contributed by atoms with Crippen molar-refractivity contribution in [3.63, 3.8) is 0 Å². The number of hydrogen-bond donors (Lipinski definition) is 2. The van der Waals surface area contributed by atoms with Crippen LogP contribution in [-0.2, 0) is 6.54 Å². The van der Waals surface area contributed by atoms with Crippen LogP contribution < -0.4 is 11.3 Å². The molecule has 7 nitrogen and oxygen atoms in total. The van der Waals surface area contributed by atoms with E-state index in [2.05, 4.69) is 20.2 Å². The zero-order valence-corrected chi connectivity index (χ0v) is 13.1. The van der Waals surface area contributed by atoms with Crippen molar-refractivity contribution in [1.29, 1.82) is 0 Å². The Morgan fingerprint density at radius 1 is 1.23 bits per heavy atom. The van der Waals surface area contributed by atoms with E-state index in [1.807, 2.05) is 0 Å². The molecule has 0 spiro atoms. The first-order valence-electron chi connectivity index (χ1n) is 7.47. The molecular formula is C16H11F3N6O. The summed E-state index contributed by atoms with van der Waals surface area (Å²) >= 11 is 0. The fourth-order valence-electron chi connectivity index (χ4n) is 2.89. The molecule has 0 aliphatic heterocycles. The van der Waals surface area contributed by atoms with Gasteiger partial charge < -0.3 is 5.73 Å². The maximum Gasteiger partial charge on any atom is 0.406 e. The number of halogens is 3. The summed E-state index contributed by atoms with van der Waals surface area (Å²) in [6, 6.07) is 3.08. The van der Waals surface area contributed by atoms with Gasteiger partial charge in [-0.1, -0.05) is 0 Å². The van der Waals surface area contributed by atoms with Crippen molar-refractivity contribution in [2.45, 2.75) is 12.7 Å². The highest BCUT2D eigenvalue weighted by Crippen LogP contribution is 2.29. The van der Waals surface area contributed by atoms with E-state index in [4.69, 9.17) is 5.73 Å². The number of nitrogens with zero attached hydrogens (tertiary/aromatic N) is 4. The summed E-state index contributed by atoms with van der Waals surface area (Å²) in [5.74, 6) is 0. The van der Waals surface area contributed by atoms with Gasteiger partial charge in [-0.2, -0.15) is 18.3 Å². The third kappa shape index (κ3) is 2.55. The predicted molar refractivity (Wildman–Crippen MR) is 89.4 cm³/mol. The molecule has 4 aromatic rings. The average Bonchev–Trinajstić information content (AvgIpc) is 3.08. The lowest BCUT2D eigenvalue weighted by molar-refractivity contribution is -0.140. The largest absolute Gasteiger partial charge is 0.406 e. The number of pyridine rings is 3. The zero-order chi connectivity index (χ0) is 18.5. The second kappa shape index (κ2) is 5.55. The number of hydrogen-bond acceptors (Lipinski definition) is 5. The van der Waals surface area contributed by atoms with E-state index in [9.17, 15) is 18.0 Å². The van der Waals surface area contributed by atoms with E-state index < -0.39 is 18.3 Å². The van der Waals surface area contributed by atoms with Crippen molar-refractivity contribution >= 4 is 27.6 Å². The van der Waals surface area contributed by atoms with Crippen molar-refractivity contribution in [3.8, 4) is 11.1 Å². The van der Waals surface area contributed by atoms with Gasteiger partial charge in [0.2, 0.25) is 0 Å². The Hall–Kier alpha value is -3.43. The highest BCUT2D eigenvalue weighted by molar-refractivity contribution is 6.01. The molecule has 4 heterocycles. The number of nitrogen functional groups attached to an aromatic ring is 1. The van der Waals surface area contributed by atoms with Crippen molar-refractivity contribution in [2.24, 2.45) is 0 Å². The van der Waals surface area contributed by atoms with Gasteiger partial charge in [-0.05, 0) is 12.1 Å². The van der Waals surface area contributed by atoms with E-state index in [1.54, 1.807) is 6.07 Å². The molecule has 0 aliphatic rings. The number of fused-ring (bicyclic) bond motifs is 3. The Morgan fingerprint density at radius 3 is 2.77 bits per heavy atom. The lowest BCUT2D eigenvalue weighted by Crippen LogP contribution is -2.28. The number of aromatic nitrogens is 5. The number of nitrogens with one attached hydrogen (secondary N) is 1. The van der Waals surface area contributed by atoms with Gasteiger partial charge in [0.15, 0.2) is 0 Å². The highest BCUT2D eigenvalue weighted by atomic mass is 19.4. The molecule has 0 aliphatic carbocycles. The van der Waals surface area contributed by atoms with E-state index in [1.165, 1.54) is 30.9 Å². The van der Waals surface area contributed by atoms with Gasteiger partial charge in [-0.25, -0.2) is 0 Å². The fraction of sp³-hybridized carbons (Fsp3) is 0.125. The molecule has 0 aromatic carbocycles. The fourth-order valence-corrected chi connectivity index (χ4v) is 2.89. The molecule has 0 atom stereocenters. The first-order chi connectivity index (χ1) is 12.3. The molecule has 132 valence electrons. The lowest BCUT2D eigenvalue weighted by Gasteiger charge is -2.14. The quantitative estimate of drug-likeness (QED) is 0.572. The van der Waals surface area contributed by atoms with Gasteiger partial charge in [0.05, 0.1) is 34.5 Å². The van der Waals surface area contributed by atoms with Crippen molar-refractivity contribution in [3.05, 3.63) is 47.3 Å². The van der Waals surface area contributed by atoms with Crippen molar-refractivity contribution in [1.82, 2.24) is 24.7 Å². The van der Waals surface area contributed by atoms with Crippen LogP contribution in [0.1, 0.15) is 0 Å². The summed E-state index contributed by atoms with van der Waals surface area (Å²) < 4.78 is 39.7. The first-order valence-corrected chi connectivity index (χ1v) is 7.47. The van der Waals surface area contributed by atoms with E-state index in [0.717, 1.165) is 0 Å². The van der Waals surface area contributed by atoms with Crippen LogP contribution in [0.3, 0.4) is 0 Å². The minimum atomic E-state index is -4.57.